The molecule has 0 unspecified atom stereocenters. The maximum absolute atomic E-state index is 13.6. The minimum atomic E-state index is -0.694. The summed E-state index contributed by atoms with van der Waals surface area (Å²) in [5, 5.41) is 5.40. The zero-order valence-electron chi connectivity index (χ0n) is 21.6. The van der Waals surface area contributed by atoms with Gasteiger partial charge in [0.05, 0.1) is 29.6 Å². The fraction of sp³-hybridized carbons (Fsp3) is 0.321. The van der Waals surface area contributed by atoms with E-state index in [0.29, 0.717) is 44.5 Å². The molecule has 38 heavy (non-hydrogen) atoms. The Morgan fingerprint density at radius 1 is 1.13 bits per heavy atom. The highest BCUT2D eigenvalue weighted by molar-refractivity contribution is 6.35. The average Bonchev–Trinajstić information content (AvgIpc) is 3.10. The van der Waals surface area contributed by atoms with E-state index in [0.717, 1.165) is 0 Å². The number of rotatable bonds is 4. The Kier molecular flexibility index (Phi) is 8.13. The van der Waals surface area contributed by atoms with Gasteiger partial charge in [-0.1, -0.05) is 35.3 Å². The molecule has 2 heterocycles. The van der Waals surface area contributed by atoms with Gasteiger partial charge in [0.25, 0.3) is 0 Å². The van der Waals surface area contributed by atoms with Crippen LogP contribution in [0.2, 0.25) is 10.0 Å². The molecule has 1 aromatic heterocycles. The zero-order valence-corrected chi connectivity index (χ0v) is 23.1. The summed E-state index contributed by atoms with van der Waals surface area (Å²) in [6.07, 6.45) is 1.65. The summed E-state index contributed by atoms with van der Waals surface area (Å²) >= 11 is 12.7. The minimum absolute atomic E-state index is 0.129. The van der Waals surface area contributed by atoms with Crippen molar-refractivity contribution in [2.75, 3.05) is 19.7 Å². The predicted molar refractivity (Wildman–Crippen MR) is 145 cm³/mol. The number of halogens is 3. The molecule has 0 spiro atoms. The fourth-order valence-corrected chi connectivity index (χ4v) is 4.66. The lowest BCUT2D eigenvalue weighted by molar-refractivity contribution is 0.0279. The number of hydrogen-bond acceptors (Lipinski definition) is 5. The predicted octanol–water partition coefficient (Wildman–Crippen LogP) is 6.83. The number of nitrogens with zero attached hydrogens (tertiary/aromatic N) is 3. The number of amides is 1. The zero-order chi connectivity index (χ0) is 27.6. The molecule has 200 valence electrons. The van der Waals surface area contributed by atoms with Gasteiger partial charge in [0.15, 0.2) is 5.69 Å². The SMILES string of the molecule is CCOC(=O)c1nn(-c2ccc(Cl)cc2Cl)c2c1CCN(C(=O)OC(C)(C)C)C/C2=C\c1ccc(F)cc1. The van der Waals surface area contributed by atoms with Gasteiger partial charge in [-0.05, 0) is 81.7 Å². The molecule has 3 aromatic rings. The molecule has 0 aliphatic carbocycles. The van der Waals surface area contributed by atoms with Crippen LogP contribution in [0.25, 0.3) is 17.3 Å². The van der Waals surface area contributed by atoms with E-state index in [-0.39, 0.29) is 31.2 Å². The highest BCUT2D eigenvalue weighted by atomic mass is 35.5. The van der Waals surface area contributed by atoms with Gasteiger partial charge in [0.2, 0.25) is 0 Å². The van der Waals surface area contributed by atoms with Crippen molar-refractivity contribution < 1.29 is 23.5 Å². The van der Waals surface area contributed by atoms with E-state index >= 15 is 0 Å². The minimum Gasteiger partial charge on any atom is -0.461 e. The molecule has 0 fully saturated rings. The van der Waals surface area contributed by atoms with Crippen molar-refractivity contribution in [1.29, 1.82) is 0 Å². The molecule has 2 aromatic carbocycles. The summed E-state index contributed by atoms with van der Waals surface area (Å²) in [6, 6.07) is 10.9. The normalized spacial score (nSPS) is 14.7. The summed E-state index contributed by atoms with van der Waals surface area (Å²) in [5.74, 6) is -0.953. The maximum atomic E-state index is 13.6. The molecule has 10 heteroatoms. The van der Waals surface area contributed by atoms with Crippen molar-refractivity contribution in [1.82, 2.24) is 14.7 Å². The van der Waals surface area contributed by atoms with Gasteiger partial charge in [0.1, 0.15) is 11.4 Å². The molecule has 4 rings (SSSR count). The quantitative estimate of drug-likeness (QED) is 0.327. The Bertz CT molecular complexity index is 1390. The van der Waals surface area contributed by atoms with E-state index in [1.165, 1.54) is 12.1 Å². The molecular formula is C28H28Cl2FN3O4. The van der Waals surface area contributed by atoms with Gasteiger partial charge >= 0.3 is 12.1 Å². The topological polar surface area (TPSA) is 73.7 Å². The number of aromatic nitrogens is 2. The summed E-state index contributed by atoms with van der Waals surface area (Å²) in [6.45, 7) is 7.70. The Labute approximate surface area is 230 Å². The van der Waals surface area contributed by atoms with Crippen LogP contribution < -0.4 is 0 Å². The standard InChI is InChI=1S/C28H28Cl2FN3O4/c1-5-37-26(35)24-21-12-13-33(27(36)38-28(2,3)4)16-18(14-17-6-9-20(31)10-7-17)25(21)34(32-24)23-11-8-19(29)15-22(23)30/h6-11,14-15H,5,12-13,16H2,1-4H3/b18-14+. The van der Waals surface area contributed by atoms with Crippen LogP contribution in [-0.2, 0) is 15.9 Å². The molecule has 0 saturated carbocycles. The van der Waals surface area contributed by atoms with Crippen molar-refractivity contribution in [2.45, 2.75) is 39.7 Å². The molecule has 1 amide bonds. The molecule has 0 bridgehead atoms. The third-order valence-corrected chi connectivity index (χ3v) is 6.29. The third kappa shape index (κ3) is 6.19. The summed E-state index contributed by atoms with van der Waals surface area (Å²) in [5.41, 5.74) is 2.49. The second-order valence-electron chi connectivity index (χ2n) is 9.78. The number of fused-ring (bicyclic) bond motifs is 1. The number of carbonyl (C=O) groups excluding carboxylic acids is 2. The maximum Gasteiger partial charge on any atom is 0.410 e. The Balaban J connectivity index is 1.94. The summed E-state index contributed by atoms with van der Waals surface area (Å²) in [7, 11) is 0. The Morgan fingerprint density at radius 2 is 1.84 bits per heavy atom. The lowest BCUT2D eigenvalue weighted by Gasteiger charge is -2.27. The number of hydrogen-bond donors (Lipinski definition) is 0. The molecule has 1 aliphatic heterocycles. The molecule has 0 atom stereocenters. The van der Waals surface area contributed by atoms with E-state index in [1.54, 1.807) is 67.6 Å². The van der Waals surface area contributed by atoms with Crippen LogP contribution in [0.1, 0.15) is 55.0 Å². The van der Waals surface area contributed by atoms with E-state index in [1.807, 2.05) is 6.08 Å². The summed E-state index contributed by atoms with van der Waals surface area (Å²) in [4.78, 5) is 27.7. The van der Waals surface area contributed by atoms with E-state index in [4.69, 9.17) is 32.7 Å². The van der Waals surface area contributed by atoms with Crippen LogP contribution in [0.4, 0.5) is 9.18 Å². The van der Waals surface area contributed by atoms with Crippen molar-refractivity contribution in [2.24, 2.45) is 0 Å². The fourth-order valence-electron chi connectivity index (χ4n) is 4.17. The number of esters is 1. The van der Waals surface area contributed by atoms with Crippen LogP contribution in [0.15, 0.2) is 42.5 Å². The van der Waals surface area contributed by atoms with Crippen molar-refractivity contribution in [3.63, 3.8) is 0 Å². The second-order valence-corrected chi connectivity index (χ2v) is 10.6. The monoisotopic (exact) mass is 559 g/mol. The molecule has 7 nitrogen and oxygen atoms in total. The molecule has 0 saturated heterocycles. The average molecular weight is 560 g/mol. The lowest BCUT2D eigenvalue weighted by atomic mass is 10.0. The number of ether oxygens (including phenoxy) is 2. The lowest BCUT2D eigenvalue weighted by Crippen LogP contribution is -2.38. The Morgan fingerprint density at radius 3 is 2.47 bits per heavy atom. The van der Waals surface area contributed by atoms with Gasteiger partial charge < -0.3 is 14.4 Å². The van der Waals surface area contributed by atoms with E-state index < -0.39 is 17.7 Å². The largest absolute Gasteiger partial charge is 0.461 e. The van der Waals surface area contributed by atoms with Crippen molar-refractivity contribution in [3.05, 3.63) is 80.8 Å². The van der Waals surface area contributed by atoms with Gasteiger partial charge in [-0.15, -0.1) is 0 Å². The smallest absolute Gasteiger partial charge is 0.410 e. The highest BCUT2D eigenvalue weighted by Crippen LogP contribution is 2.35. The highest BCUT2D eigenvalue weighted by Gasteiger charge is 2.33. The van der Waals surface area contributed by atoms with Gasteiger partial charge in [-0.2, -0.15) is 5.10 Å². The van der Waals surface area contributed by atoms with Gasteiger partial charge in [-0.3, -0.25) is 0 Å². The first-order chi connectivity index (χ1) is 18.0. The number of carbonyl (C=O) groups is 2. The van der Waals surface area contributed by atoms with Crippen molar-refractivity contribution in [3.8, 4) is 5.69 Å². The Hall–Kier alpha value is -3.36. The molecule has 1 aliphatic rings. The molecular weight excluding hydrogens is 532 g/mol. The van der Waals surface area contributed by atoms with Crippen LogP contribution in [0, 0.1) is 5.82 Å². The van der Waals surface area contributed by atoms with Crippen molar-refractivity contribution >= 4 is 46.9 Å². The van der Waals surface area contributed by atoms with Crippen LogP contribution >= 0.6 is 23.2 Å². The first-order valence-electron chi connectivity index (χ1n) is 12.2. The van der Waals surface area contributed by atoms with Crippen LogP contribution in [0.5, 0.6) is 0 Å². The van der Waals surface area contributed by atoms with Gasteiger partial charge in [0, 0.05) is 17.1 Å². The van der Waals surface area contributed by atoms with Gasteiger partial charge in [-0.25, -0.2) is 18.7 Å². The van der Waals surface area contributed by atoms with E-state index in [9.17, 15) is 14.0 Å². The molecule has 0 radical (unpaired) electrons. The molecule has 0 N–H and O–H groups in total. The third-order valence-electron chi connectivity index (χ3n) is 5.75. The second kappa shape index (κ2) is 11.2. The van der Waals surface area contributed by atoms with Crippen LogP contribution in [0.3, 0.4) is 0 Å². The first kappa shape index (κ1) is 27.7. The number of benzene rings is 2. The first-order valence-corrected chi connectivity index (χ1v) is 12.9. The summed E-state index contributed by atoms with van der Waals surface area (Å²) < 4.78 is 26.2. The van der Waals surface area contributed by atoms with Crippen LogP contribution in [-0.4, -0.2) is 52.0 Å². The van der Waals surface area contributed by atoms with E-state index in [2.05, 4.69) is 5.10 Å².